The fourth-order valence-corrected chi connectivity index (χ4v) is 5.93. The van der Waals surface area contributed by atoms with Gasteiger partial charge < -0.3 is 18.6 Å². The van der Waals surface area contributed by atoms with Crippen LogP contribution < -0.4 is 5.32 Å². The second-order valence-electron chi connectivity index (χ2n) is 4.70. The van der Waals surface area contributed by atoms with Crippen LogP contribution in [0.15, 0.2) is 0 Å². The van der Waals surface area contributed by atoms with Gasteiger partial charge in [0.2, 0.25) is 5.91 Å². The Labute approximate surface area is 132 Å². The molecule has 0 aromatic rings. The molecule has 0 aromatic heterocycles. The molecule has 1 unspecified atom stereocenters. The molecule has 0 bridgehead atoms. The zero-order valence-corrected chi connectivity index (χ0v) is 15.8. The molecule has 0 aliphatic carbocycles. The van der Waals surface area contributed by atoms with E-state index in [0.717, 1.165) is 0 Å². The number of hydrogen-bond donors (Lipinski definition) is 1. The van der Waals surface area contributed by atoms with Crippen LogP contribution in [0.5, 0.6) is 0 Å². The molecular formula is C13H28BrNO4Si. The molecule has 0 aliphatic heterocycles. The van der Waals surface area contributed by atoms with E-state index in [2.05, 4.69) is 21.2 Å². The maximum atomic E-state index is 11.4. The third-order valence-corrected chi connectivity index (χ3v) is 7.13. The number of carbonyl (C=O) groups is 1. The first-order chi connectivity index (χ1) is 9.34. The standard InChI is InChI=1S/C13H28BrNO4Si/c1-6-12(16)15-10-13(5,14)11-20(17-7-2,18-8-3)19-9-4/h6-11H2,1-5H3,(H,15,16). The molecule has 1 atom stereocenters. The fraction of sp³-hybridized carbons (Fsp3) is 0.923. The van der Waals surface area contributed by atoms with Gasteiger partial charge in [0.15, 0.2) is 0 Å². The van der Waals surface area contributed by atoms with E-state index >= 15 is 0 Å². The van der Waals surface area contributed by atoms with E-state index in [4.69, 9.17) is 13.3 Å². The molecule has 5 nitrogen and oxygen atoms in total. The summed E-state index contributed by atoms with van der Waals surface area (Å²) in [5, 5.41) is 2.89. The average molecular weight is 370 g/mol. The van der Waals surface area contributed by atoms with E-state index in [9.17, 15) is 4.79 Å². The Morgan fingerprint density at radius 2 is 1.55 bits per heavy atom. The van der Waals surface area contributed by atoms with E-state index in [1.165, 1.54) is 0 Å². The monoisotopic (exact) mass is 369 g/mol. The third kappa shape index (κ3) is 7.73. The van der Waals surface area contributed by atoms with Crippen LogP contribution >= 0.6 is 15.9 Å². The molecule has 7 heteroatoms. The van der Waals surface area contributed by atoms with Gasteiger partial charge in [-0.2, -0.15) is 0 Å². The molecule has 0 radical (unpaired) electrons. The fourth-order valence-electron chi connectivity index (χ4n) is 1.86. The van der Waals surface area contributed by atoms with Crippen LogP contribution in [0.25, 0.3) is 0 Å². The van der Waals surface area contributed by atoms with Gasteiger partial charge in [-0.05, 0) is 27.7 Å². The summed E-state index contributed by atoms with van der Waals surface area (Å²) >= 11 is 3.67. The highest BCUT2D eigenvalue weighted by Crippen LogP contribution is 2.30. The molecular weight excluding hydrogens is 342 g/mol. The topological polar surface area (TPSA) is 56.8 Å². The highest BCUT2D eigenvalue weighted by molar-refractivity contribution is 9.10. The minimum absolute atomic E-state index is 0.0344. The van der Waals surface area contributed by atoms with Gasteiger partial charge in [0.05, 0.1) is 0 Å². The largest absolute Gasteiger partial charge is 0.502 e. The first-order valence-electron chi connectivity index (χ1n) is 7.22. The number of amides is 1. The van der Waals surface area contributed by atoms with Crippen LogP contribution in [0.3, 0.4) is 0 Å². The minimum atomic E-state index is -2.71. The Balaban J connectivity index is 4.77. The van der Waals surface area contributed by atoms with Gasteiger partial charge in [-0.1, -0.05) is 22.9 Å². The lowest BCUT2D eigenvalue weighted by atomic mass is 10.2. The van der Waals surface area contributed by atoms with Gasteiger partial charge in [-0.15, -0.1) is 0 Å². The van der Waals surface area contributed by atoms with E-state index in [0.29, 0.717) is 38.8 Å². The van der Waals surface area contributed by atoms with Gasteiger partial charge in [0, 0.05) is 43.2 Å². The highest BCUT2D eigenvalue weighted by atomic mass is 79.9. The maximum absolute atomic E-state index is 11.4. The first kappa shape index (κ1) is 20.0. The second kappa shape index (κ2) is 9.89. The smallest absolute Gasteiger partial charge is 0.374 e. The molecule has 1 N–H and O–H groups in total. The Morgan fingerprint density at radius 3 is 1.90 bits per heavy atom. The van der Waals surface area contributed by atoms with Crippen molar-refractivity contribution in [3.63, 3.8) is 0 Å². The zero-order chi connectivity index (χ0) is 15.6. The Morgan fingerprint density at radius 1 is 1.10 bits per heavy atom. The number of halogens is 1. The second-order valence-corrected chi connectivity index (χ2v) is 9.20. The van der Waals surface area contributed by atoms with E-state index in [1.807, 2.05) is 34.6 Å². The highest BCUT2D eigenvalue weighted by Gasteiger charge is 2.46. The van der Waals surface area contributed by atoms with Crippen molar-refractivity contribution in [2.75, 3.05) is 26.4 Å². The van der Waals surface area contributed by atoms with Crippen LogP contribution in [0.4, 0.5) is 0 Å². The summed E-state index contributed by atoms with van der Waals surface area (Å²) in [5.41, 5.74) is 0. The van der Waals surface area contributed by atoms with E-state index in [1.54, 1.807) is 0 Å². The summed E-state index contributed by atoms with van der Waals surface area (Å²) in [5.74, 6) is 0.0344. The van der Waals surface area contributed by atoms with Crippen molar-refractivity contribution >= 4 is 30.6 Å². The molecule has 120 valence electrons. The van der Waals surface area contributed by atoms with Crippen LogP contribution in [-0.4, -0.2) is 45.4 Å². The lowest BCUT2D eigenvalue weighted by Crippen LogP contribution is -2.52. The van der Waals surface area contributed by atoms with Crippen LogP contribution in [-0.2, 0) is 18.1 Å². The van der Waals surface area contributed by atoms with Crippen LogP contribution in [0.2, 0.25) is 6.04 Å². The van der Waals surface area contributed by atoms with Crippen molar-refractivity contribution < 1.29 is 18.1 Å². The van der Waals surface area contributed by atoms with Crippen molar-refractivity contribution in [3.05, 3.63) is 0 Å². The van der Waals surface area contributed by atoms with Crippen LogP contribution in [0.1, 0.15) is 41.0 Å². The molecule has 0 heterocycles. The van der Waals surface area contributed by atoms with E-state index in [-0.39, 0.29) is 10.2 Å². The summed E-state index contributed by atoms with van der Waals surface area (Å²) in [6, 6.07) is 0.611. The van der Waals surface area contributed by atoms with Crippen molar-refractivity contribution in [1.82, 2.24) is 5.32 Å². The molecule has 0 saturated heterocycles. The number of hydrogen-bond acceptors (Lipinski definition) is 4. The Kier molecular flexibility index (Phi) is 9.91. The van der Waals surface area contributed by atoms with Crippen LogP contribution in [0, 0.1) is 0 Å². The molecule has 0 rings (SSSR count). The number of nitrogens with one attached hydrogen (secondary N) is 1. The van der Waals surface area contributed by atoms with Crippen molar-refractivity contribution in [2.24, 2.45) is 0 Å². The summed E-state index contributed by atoms with van der Waals surface area (Å²) in [6.07, 6.45) is 0.480. The first-order valence-corrected chi connectivity index (χ1v) is 9.94. The molecule has 0 spiro atoms. The number of carbonyl (C=O) groups excluding carboxylic acids is 1. The van der Waals surface area contributed by atoms with Crippen molar-refractivity contribution in [2.45, 2.75) is 51.4 Å². The molecule has 0 aliphatic rings. The predicted octanol–water partition coefficient (Wildman–Crippen LogP) is 2.71. The van der Waals surface area contributed by atoms with Gasteiger partial charge in [-0.25, -0.2) is 0 Å². The van der Waals surface area contributed by atoms with Crippen molar-refractivity contribution in [1.29, 1.82) is 0 Å². The molecule has 0 saturated carbocycles. The molecule has 0 aromatic carbocycles. The molecule has 0 fully saturated rings. The summed E-state index contributed by atoms with van der Waals surface area (Å²) in [7, 11) is -2.71. The summed E-state index contributed by atoms with van der Waals surface area (Å²) in [4.78, 5) is 11.4. The van der Waals surface area contributed by atoms with E-state index < -0.39 is 8.80 Å². The zero-order valence-electron chi connectivity index (χ0n) is 13.3. The third-order valence-electron chi connectivity index (χ3n) is 2.65. The number of rotatable bonds is 11. The lowest BCUT2D eigenvalue weighted by molar-refractivity contribution is -0.120. The lowest BCUT2D eigenvalue weighted by Gasteiger charge is -2.34. The quantitative estimate of drug-likeness (QED) is 0.449. The summed E-state index contributed by atoms with van der Waals surface area (Å²) < 4.78 is 17.2. The SMILES string of the molecule is CCO[Si](CC(C)(Br)CNC(=O)CC)(OCC)OCC. The minimum Gasteiger partial charge on any atom is -0.374 e. The average Bonchev–Trinajstić information content (AvgIpc) is 2.36. The predicted molar refractivity (Wildman–Crippen MR) is 86.1 cm³/mol. The summed E-state index contributed by atoms with van der Waals surface area (Å²) in [6.45, 7) is 11.8. The van der Waals surface area contributed by atoms with Crippen molar-refractivity contribution in [3.8, 4) is 0 Å². The maximum Gasteiger partial charge on any atom is 0.502 e. The van der Waals surface area contributed by atoms with Gasteiger partial charge in [0.1, 0.15) is 0 Å². The Bertz CT molecular complexity index is 273. The molecule has 1 amide bonds. The van der Waals surface area contributed by atoms with Gasteiger partial charge >= 0.3 is 8.80 Å². The van der Waals surface area contributed by atoms with Gasteiger partial charge in [0.25, 0.3) is 0 Å². The normalized spacial score (nSPS) is 14.9. The molecule has 20 heavy (non-hydrogen) atoms. The van der Waals surface area contributed by atoms with Gasteiger partial charge in [-0.3, -0.25) is 4.79 Å². The number of alkyl halides is 1. The Hall–Kier alpha value is 0.0469.